The average molecular weight is 261 g/mol. The molecule has 0 heterocycles. The second-order valence-electron chi connectivity index (χ2n) is 2.70. The molecule has 14 heavy (non-hydrogen) atoms. The van der Waals surface area contributed by atoms with Crippen molar-refractivity contribution in [2.45, 2.75) is 6.92 Å². The van der Waals surface area contributed by atoms with E-state index in [0.29, 0.717) is 11.3 Å². The molecular formula is C9H9BrO4. The molecule has 0 unspecified atom stereocenters. The Bertz CT molecular complexity index is 362. The molecule has 0 aliphatic heterocycles. The maximum absolute atomic E-state index is 10.9. The molecule has 0 aromatic heterocycles. The van der Waals surface area contributed by atoms with Crippen LogP contribution in [0.1, 0.15) is 15.9 Å². The number of hydrogen-bond donors (Lipinski definition) is 1. The van der Waals surface area contributed by atoms with Gasteiger partial charge < -0.3 is 13.7 Å². The molecule has 0 bridgehead atoms. The quantitative estimate of drug-likeness (QED) is 0.907. The molecule has 0 saturated carbocycles. The van der Waals surface area contributed by atoms with Crippen molar-refractivity contribution in [3.05, 3.63) is 23.3 Å². The van der Waals surface area contributed by atoms with Gasteiger partial charge in [0, 0.05) is 6.07 Å². The molecule has 1 N–H and O–H groups in total. The van der Waals surface area contributed by atoms with Gasteiger partial charge in [-0.2, -0.15) is 0 Å². The van der Waals surface area contributed by atoms with Crippen LogP contribution in [0.25, 0.3) is 0 Å². The summed E-state index contributed by atoms with van der Waals surface area (Å²) in [5.74, 6) is -0.225. The number of rotatable bonds is 3. The van der Waals surface area contributed by atoms with Crippen LogP contribution >= 0.6 is 16.3 Å². The van der Waals surface area contributed by atoms with Crippen LogP contribution < -0.4 is 8.57 Å². The van der Waals surface area contributed by atoms with Gasteiger partial charge in [-0.25, -0.2) is 4.79 Å². The summed E-state index contributed by atoms with van der Waals surface area (Å²) >= 11 is 2.81. The normalized spacial score (nSPS) is 9.64. The molecule has 4 nitrogen and oxygen atoms in total. The van der Waals surface area contributed by atoms with Gasteiger partial charge in [0.1, 0.15) is 17.1 Å². The van der Waals surface area contributed by atoms with Crippen LogP contribution in [-0.2, 0) is 0 Å². The first-order chi connectivity index (χ1) is 6.60. The van der Waals surface area contributed by atoms with Crippen molar-refractivity contribution in [2.75, 3.05) is 7.11 Å². The summed E-state index contributed by atoms with van der Waals surface area (Å²) in [6.45, 7) is 1.68. The SMILES string of the molecule is COc1cc(OBr)cc(C)c1C(=O)O. The summed E-state index contributed by atoms with van der Waals surface area (Å²) < 4.78 is 9.76. The molecule has 1 aromatic rings. The Balaban J connectivity index is 3.34. The molecule has 76 valence electrons. The number of aryl methyl sites for hydroxylation is 1. The number of carboxylic acid groups (broad SMARTS) is 1. The first kappa shape index (κ1) is 10.8. The number of halogens is 1. The third-order valence-corrected chi connectivity index (χ3v) is 2.17. The molecule has 0 aliphatic rings. The Hall–Kier alpha value is -1.23. The fourth-order valence-electron chi connectivity index (χ4n) is 1.20. The summed E-state index contributed by atoms with van der Waals surface area (Å²) in [5, 5.41) is 8.91. The van der Waals surface area contributed by atoms with Gasteiger partial charge in [-0.05, 0) is 18.6 Å². The van der Waals surface area contributed by atoms with Crippen LogP contribution in [0.15, 0.2) is 12.1 Å². The van der Waals surface area contributed by atoms with E-state index in [1.165, 1.54) is 13.2 Å². The standard InChI is InChI=1S/C9H9BrO4/c1-5-3-6(14-10)4-7(13-2)8(5)9(11)12/h3-4H,1-2H3,(H,11,12). The topological polar surface area (TPSA) is 55.8 Å². The van der Waals surface area contributed by atoms with Gasteiger partial charge in [0.05, 0.1) is 7.11 Å². The number of ether oxygens (including phenoxy) is 1. The van der Waals surface area contributed by atoms with Crippen LogP contribution in [0.4, 0.5) is 0 Å². The lowest BCUT2D eigenvalue weighted by Gasteiger charge is -2.09. The number of hydrogen-bond acceptors (Lipinski definition) is 3. The predicted octanol–water partition coefficient (Wildman–Crippen LogP) is 2.39. The van der Waals surface area contributed by atoms with Crippen LogP contribution in [-0.4, -0.2) is 18.2 Å². The summed E-state index contributed by atoms with van der Waals surface area (Å²) in [7, 11) is 1.42. The second-order valence-corrected chi connectivity index (χ2v) is 3.02. The Morgan fingerprint density at radius 2 is 2.14 bits per heavy atom. The maximum atomic E-state index is 10.9. The highest BCUT2D eigenvalue weighted by Crippen LogP contribution is 2.29. The first-order valence-electron chi connectivity index (χ1n) is 3.80. The maximum Gasteiger partial charge on any atom is 0.339 e. The van der Waals surface area contributed by atoms with Gasteiger partial charge in [0.2, 0.25) is 0 Å². The van der Waals surface area contributed by atoms with Crippen LogP contribution in [0.3, 0.4) is 0 Å². The molecule has 0 fully saturated rings. The highest BCUT2D eigenvalue weighted by molar-refractivity contribution is 9.06. The third kappa shape index (κ3) is 1.98. The molecule has 5 heteroatoms. The number of carbonyl (C=O) groups is 1. The molecule has 0 aliphatic carbocycles. The molecule has 1 aromatic carbocycles. The number of methoxy groups -OCH3 is 1. The molecular weight excluding hydrogens is 252 g/mol. The van der Waals surface area contributed by atoms with E-state index in [1.807, 2.05) is 0 Å². The molecule has 0 saturated heterocycles. The van der Waals surface area contributed by atoms with E-state index in [-0.39, 0.29) is 11.3 Å². The van der Waals surface area contributed by atoms with E-state index in [1.54, 1.807) is 13.0 Å². The van der Waals surface area contributed by atoms with E-state index >= 15 is 0 Å². The van der Waals surface area contributed by atoms with E-state index in [0.717, 1.165) is 0 Å². The number of aromatic carboxylic acids is 1. The van der Waals surface area contributed by atoms with Gasteiger partial charge in [0.15, 0.2) is 16.3 Å². The highest BCUT2D eigenvalue weighted by Gasteiger charge is 2.15. The Labute approximate surface area is 89.9 Å². The van der Waals surface area contributed by atoms with Gasteiger partial charge in [0.25, 0.3) is 0 Å². The largest absolute Gasteiger partial charge is 0.496 e. The zero-order valence-electron chi connectivity index (χ0n) is 7.70. The average Bonchev–Trinajstić information content (AvgIpc) is 2.15. The molecule has 0 spiro atoms. The lowest BCUT2D eigenvalue weighted by Crippen LogP contribution is -2.03. The highest BCUT2D eigenvalue weighted by atomic mass is 79.9. The summed E-state index contributed by atoms with van der Waals surface area (Å²) in [5.41, 5.74) is 0.743. The van der Waals surface area contributed by atoms with E-state index in [9.17, 15) is 4.79 Å². The van der Waals surface area contributed by atoms with E-state index in [4.69, 9.17) is 13.7 Å². The molecule has 1 rings (SSSR count). The second kappa shape index (κ2) is 4.32. The number of carboxylic acids is 1. The van der Waals surface area contributed by atoms with Crippen molar-refractivity contribution < 1.29 is 18.5 Å². The van der Waals surface area contributed by atoms with E-state index < -0.39 is 5.97 Å². The minimum absolute atomic E-state index is 0.154. The van der Waals surface area contributed by atoms with Gasteiger partial charge in [-0.15, -0.1) is 0 Å². The zero-order chi connectivity index (χ0) is 10.7. The molecule has 0 amide bonds. The Morgan fingerprint density at radius 1 is 1.50 bits per heavy atom. The third-order valence-electron chi connectivity index (χ3n) is 1.80. The Kier molecular flexibility index (Phi) is 3.35. The number of benzene rings is 1. The van der Waals surface area contributed by atoms with Crippen LogP contribution in [0.2, 0.25) is 0 Å². The lowest BCUT2D eigenvalue weighted by molar-refractivity contribution is 0.0692. The molecule has 0 radical (unpaired) electrons. The van der Waals surface area contributed by atoms with Crippen LogP contribution in [0.5, 0.6) is 11.5 Å². The monoisotopic (exact) mass is 260 g/mol. The zero-order valence-corrected chi connectivity index (χ0v) is 9.29. The van der Waals surface area contributed by atoms with Gasteiger partial charge >= 0.3 is 5.97 Å². The predicted molar refractivity (Wildman–Crippen MR) is 54.2 cm³/mol. The minimum atomic E-state index is -1.01. The van der Waals surface area contributed by atoms with Crippen LogP contribution in [0, 0.1) is 6.92 Å². The first-order valence-corrected chi connectivity index (χ1v) is 4.45. The summed E-state index contributed by atoms with van der Waals surface area (Å²) in [4.78, 5) is 10.9. The van der Waals surface area contributed by atoms with Crippen molar-refractivity contribution in [1.82, 2.24) is 0 Å². The van der Waals surface area contributed by atoms with Crippen molar-refractivity contribution in [3.63, 3.8) is 0 Å². The van der Waals surface area contributed by atoms with Crippen molar-refractivity contribution >= 4 is 22.2 Å². The summed E-state index contributed by atoms with van der Waals surface area (Å²) in [6, 6.07) is 3.12. The van der Waals surface area contributed by atoms with Crippen molar-refractivity contribution in [2.24, 2.45) is 0 Å². The fraction of sp³-hybridized carbons (Fsp3) is 0.222. The van der Waals surface area contributed by atoms with Gasteiger partial charge in [-0.1, -0.05) is 0 Å². The smallest absolute Gasteiger partial charge is 0.339 e. The lowest BCUT2D eigenvalue weighted by atomic mass is 10.1. The molecule has 0 atom stereocenters. The Morgan fingerprint density at radius 3 is 2.57 bits per heavy atom. The van der Waals surface area contributed by atoms with E-state index in [2.05, 4.69) is 16.3 Å². The summed E-state index contributed by atoms with van der Waals surface area (Å²) in [6.07, 6.45) is 0. The van der Waals surface area contributed by atoms with Crippen molar-refractivity contribution in [3.8, 4) is 11.5 Å². The minimum Gasteiger partial charge on any atom is -0.496 e. The van der Waals surface area contributed by atoms with Crippen molar-refractivity contribution in [1.29, 1.82) is 0 Å². The fourth-order valence-corrected chi connectivity index (χ4v) is 1.39. The van der Waals surface area contributed by atoms with Gasteiger partial charge in [-0.3, -0.25) is 0 Å².